The number of aromatic nitrogens is 2. The summed E-state index contributed by atoms with van der Waals surface area (Å²) >= 11 is 12.4. The topological polar surface area (TPSA) is 17.8 Å². The highest BCUT2D eigenvalue weighted by molar-refractivity contribution is 6.35. The Morgan fingerprint density at radius 1 is 0.920 bits per heavy atom. The summed E-state index contributed by atoms with van der Waals surface area (Å²) in [6.07, 6.45) is 0. The van der Waals surface area contributed by atoms with Crippen LogP contribution in [-0.2, 0) is 6.54 Å². The van der Waals surface area contributed by atoms with Crippen molar-refractivity contribution in [1.29, 1.82) is 0 Å². The fraction of sp³-hybridized carbons (Fsp3) is 0.0952. The standard InChI is InChI=1S/C21H16Cl2N2/c1-14-5-4-6-15(11-14)21-24-19-7-2-3-8-20(19)25(21)13-16-9-10-17(22)12-18(16)23/h2-12H,13H2,1H3. The maximum Gasteiger partial charge on any atom is 0.141 e. The Morgan fingerprint density at radius 2 is 1.76 bits per heavy atom. The minimum absolute atomic E-state index is 0.639. The Balaban J connectivity index is 1.90. The van der Waals surface area contributed by atoms with E-state index in [0.29, 0.717) is 16.6 Å². The van der Waals surface area contributed by atoms with Crippen molar-refractivity contribution >= 4 is 34.2 Å². The highest BCUT2D eigenvalue weighted by Crippen LogP contribution is 2.29. The van der Waals surface area contributed by atoms with Gasteiger partial charge in [0.15, 0.2) is 0 Å². The van der Waals surface area contributed by atoms with Crippen molar-refractivity contribution in [3.63, 3.8) is 0 Å². The largest absolute Gasteiger partial charge is 0.319 e. The fourth-order valence-corrected chi connectivity index (χ4v) is 3.53. The van der Waals surface area contributed by atoms with Gasteiger partial charge >= 0.3 is 0 Å². The molecule has 0 N–H and O–H groups in total. The fourth-order valence-electron chi connectivity index (χ4n) is 3.06. The molecule has 0 saturated carbocycles. The third-order valence-corrected chi connectivity index (χ3v) is 4.86. The first-order valence-electron chi connectivity index (χ1n) is 8.08. The number of para-hydroxylation sites is 2. The average Bonchev–Trinajstić information content (AvgIpc) is 2.96. The Hall–Kier alpha value is -2.29. The van der Waals surface area contributed by atoms with Crippen LogP contribution in [0.2, 0.25) is 10.0 Å². The Kier molecular flexibility index (Phi) is 4.24. The average molecular weight is 367 g/mol. The Labute approximate surface area is 156 Å². The Bertz CT molecular complexity index is 1070. The van der Waals surface area contributed by atoms with E-state index in [1.165, 1.54) is 5.56 Å². The summed E-state index contributed by atoms with van der Waals surface area (Å²) in [5, 5.41) is 1.31. The summed E-state index contributed by atoms with van der Waals surface area (Å²) in [6.45, 7) is 2.73. The summed E-state index contributed by atoms with van der Waals surface area (Å²) in [7, 11) is 0. The number of aryl methyl sites for hydroxylation is 1. The van der Waals surface area contributed by atoms with E-state index in [9.17, 15) is 0 Å². The van der Waals surface area contributed by atoms with E-state index in [1.807, 2.05) is 30.3 Å². The third kappa shape index (κ3) is 3.15. The van der Waals surface area contributed by atoms with Gasteiger partial charge in [-0.05, 0) is 42.8 Å². The van der Waals surface area contributed by atoms with Gasteiger partial charge in [-0.1, -0.05) is 65.2 Å². The maximum absolute atomic E-state index is 6.40. The van der Waals surface area contributed by atoms with Crippen molar-refractivity contribution in [3.8, 4) is 11.4 Å². The van der Waals surface area contributed by atoms with Crippen LogP contribution < -0.4 is 0 Å². The molecule has 1 heterocycles. The third-order valence-electron chi connectivity index (χ3n) is 4.27. The highest BCUT2D eigenvalue weighted by Gasteiger charge is 2.14. The van der Waals surface area contributed by atoms with Gasteiger partial charge in [0.05, 0.1) is 17.6 Å². The second-order valence-electron chi connectivity index (χ2n) is 6.12. The molecule has 0 radical (unpaired) electrons. The number of imidazole rings is 1. The zero-order valence-electron chi connectivity index (χ0n) is 13.7. The molecule has 0 fully saturated rings. The molecule has 0 aliphatic heterocycles. The summed E-state index contributed by atoms with van der Waals surface area (Å²) in [5.74, 6) is 0.941. The number of benzene rings is 3. The summed E-state index contributed by atoms with van der Waals surface area (Å²) in [5.41, 5.74) is 5.39. The van der Waals surface area contributed by atoms with Gasteiger partial charge in [0.2, 0.25) is 0 Å². The minimum Gasteiger partial charge on any atom is -0.319 e. The highest BCUT2D eigenvalue weighted by atomic mass is 35.5. The normalized spacial score (nSPS) is 11.2. The van der Waals surface area contributed by atoms with Gasteiger partial charge in [-0.2, -0.15) is 0 Å². The number of nitrogens with zero attached hydrogens (tertiary/aromatic N) is 2. The van der Waals surface area contributed by atoms with Gasteiger partial charge in [0, 0.05) is 15.6 Å². The number of halogens is 2. The first-order chi connectivity index (χ1) is 12.1. The van der Waals surface area contributed by atoms with Crippen molar-refractivity contribution in [2.45, 2.75) is 13.5 Å². The second-order valence-corrected chi connectivity index (χ2v) is 6.96. The van der Waals surface area contributed by atoms with Crippen LogP contribution in [0.15, 0.2) is 66.7 Å². The van der Waals surface area contributed by atoms with Gasteiger partial charge in [-0.15, -0.1) is 0 Å². The molecule has 0 bridgehead atoms. The summed E-state index contributed by atoms with van der Waals surface area (Å²) < 4.78 is 2.21. The number of fused-ring (bicyclic) bond motifs is 1. The second kappa shape index (κ2) is 6.55. The van der Waals surface area contributed by atoms with Crippen LogP contribution in [-0.4, -0.2) is 9.55 Å². The predicted molar refractivity (Wildman–Crippen MR) is 105 cm³/mol. The van der Waals surface area contributed by atoms with Gasteiger partial charge < -0.3 is 4.57 Å². The zero-order valence-corrected chi connectivity index (χ0v) is 15.2. The van der Waals surface area contributed by atoms with Gasteiger partial charge in [0.1, 0.15) is 5.82 Å². The van der Waals surface area contributed by atoms with E-state index in [1.54, 1.807) is 6.07 Å². The molecular formula is C21H16Cl2N2. The maximum atomic E-state index is 6.40. The van der Waals surface area contributed by atoms with Crippen LogP contribution in [0.3, 0.4) is 0 Å². The van der Waals surface area contributed by atoms with E-state index in [-0.39, 0.29) is 0 Å². The molecule has 124 valence electrons. The summed E-state index contributed by atoms with van der Waals surface area (Å²) in [6, 6.07) is 22.2. The first-order valence-corrected chi connectivity index (χ1v) is 8.83. The van der Waals surface area contributed by atoms with Crippen molar-refractivity contribution in [2.75, 3.05) is 0 Å². The van der Waals surface area contributed by atoms with Crippen LogP contribution >= 0.6 is 23.2 Å². The molecule has 2 nitrogen and oxygen atoms in total. The minimum atomic E-state index is 0.639. The molecule has 0 spiro atoms. The zero-order chi connectivity index (χ0) is 17.4. The smallest absolute Gasteiger partial charge is 0.141 e. The molecule has 0 atom stereocenters. The first kappa shape index (κ1) is 16.2. The van der Waals surface area contributed by atoms with Gasteiger partial charge in [-0.3, -0.25) is 0 Å². The molecule has 0 saturated heterocycles. The van der Waals surface area contributed by atoms with Crippen molar-refractivity contribution < 1.29 is 0 Å². The lowest BCUT2D eigenvalue weighted by atomic mass is 10.1. The van der Waals surface area contributed by atoms with Crippen LogP contribution in [0.4, 0.5) is 0 Å². The SMILES string of the molecule is Cc1cccc(-c2nc3ccccc3n2Cc2ccc(Cl)cc2Cl)c1. The molecule has 0 amide bonds. The Morgan fingerprint density at radius 3 is 2.56 bits per heavy atom. The van der Waals surface area contributed by atoms with Crippen LogP contribution in [0.1, 0.15) is 11.1 Å². The molecular weight excluding hydrogens is 351 g/mol. The molecule has 1 aromatic heterocycles. The van der Waals surface area contributed by atoms with Gasteiger partial charge in [-0.25, -0.2) is 4.98 Å². The molecule has 3 aromatic carbocycles. The molecule has 0 aliphatic carbocycles. The molecule has 0 unspecified atom stereocenters. The van der Waals surface area contributed by atoms with Crippen LogP contribution in [0.5, 0.6) is 0 Å². The lowest BCUT2D eigenvalue weighted by Gasteiger charge is -2.11. The van der Waals surface area contributed by atoms with E-state index in [2.05, 4.69) is 41.8 Å². The lowest BCUT2D eigenvalue weighted by molar-refractivity contribution is 0.834. The molecule has 0 aliphatic rings. The summed E-state index contributed by atoms with van der Waals surface area (Å²) in [4.78, 5) is 4.86. The number of hydrogen-bond acceptors (Lipinski definition) is 1. The predicted octanol–water partition coefficient (Wildman–Crippen LogP) is 6.37. The number of rotatable bonds is 3. The quantitative estimate of drug-likeness (QED) is 0.412. The molecule has 4 heteroatoms. The molecule has 4 aromatic rings. The number of hydrogen-bond donors (Lipinski definition) is 0. The molecule has 4 rings (SSSR count). The molecule has 25 heavy (non-hydrogen) atoms. The monoisotopic (exact) mass is 366 g/mol. The van der Waals surface area contributed by atoms with E-state index >= 15 is 0 Å². The van der Waals surface area contributed by atoms with Crippen molar-refractivity contribution in [2.24, 2.45) is 0 Å². The lowest BCUT2D eigenvalue weighted by Crippen LogP contribution is -2.03. The van der Waals surface area contributed by atoms with Crippen LogP contribution in [0.25, 0.3) is 22.4 Å². The van der Waals surface area contributed by atoms with E-state index in [0.717, 1.165) is 28.0 Å². The van der Waals surface area contributed by atoms with Gasteiger partial charge in [0.25, 0.3) is 0 Å². The van der Waals surface area contributed by atoms with Crippen molar-refractivity contribution in [3.05, 3.63) is 87.9 Å². The van der Waals surface area contributed by atoms with Crippen LogP contribution in [0, 0.1) is 6.92 Å². The van der Waals surface area contributed by atoms with Crippen molar-refractivity contribution in [1.82, 2.24) is 9.55 Å². The van der Waals surface area contributed by atoms with E-state index in [4.69, 9.17) is 28.2 Å². The van der Waals surface area contributed by atoms with E-state index < -0.39 is 0 Å².